The molecule has 1 saturated carbocycles. The van der Waals surface area contributed by atoms with Crippen LogP contribution in [0.3, 0.4) is 0 Å². The van der Waals surface area contributed by atoms with Gasteiger partial charge in [-0.25, -0.2) is 0 Å². The highest BCUT2D eigenvalue weighted by Crippen LogP contribution is 2.23. The van der Waals surface area contributed by atoms with Gasteiger partial charge in [-0.1, -0.05) is 23.9 Å². The Bertz CT molecular complexity index is 273. The lowest BCUT2D eigenvalue weighted by atomic mass is 9.93. The highest BCUT2D eigenvalue weighted by Gasteiger charge is 2.24. The molecule has 0 aliphatic heterocycles. The summed E-state index contributed by atoms with van der Waals surface area (Å²) in [5, 5.41) is 3.75. The van der Waals surface area contributed by atoms with E-state index in [1.807, 2.05) is 0 Å². The van der Waals surface area contributed by atoms with Gasteiger partial charge in [0, 0.05) is 4.91 Å². The summed E-state index contributed by atoms with van der Waals surface area (Å²) in [6.07, 6.45) is 4.27. The number of azide groups is 1. The Labute approximate surface area is 84.3 Å². The molecule has 14 heavy (non-hydrogen) atoms. The molecule has 4 heteroatoms. The lowest BCUT2D eigenvalue weighted by Gasteiger charge is -2.27. The van der Waals surface area contributed by atoms with Gasteiger partial charge in [0.25, 0.3) is 0 Å². The van der Waals surface area contributed by atoms with E-state index in [0.29, 0.717) is 6.61 Å². The zero-order valence-electron chi connectivity index (χ0n) is 8.44. The summed E-state index contributed by atoms with van der Waals surface area (Å²) in [6.45, 7) is 2.23. The first-order valence-electron chi connectivity index (χ1n) is 4.94. The van der Waals surface area contributed by atoms with Crippen molar-refractivity contribution in [2.24, 2.45) is 5.11 Å². The largest absolute Gasteiger partial charge is 0.365 e. The van der Waals surface area contributed by atoms with Crippen molar-refractivity contribution in [1.82, 2.24) is 0 Å². The summed E-state index contributed by atoms with van der Waals surface area (Å²) in [5.74, 6) is 5.63. The van der Waals surface area contributed by atoms with Gasteiger partial charge in [-0.2, -0.15) is 0 Å². The molecule has 0 amide bonds. The van der Waals surface area contributed by atoms with Gasteiger partial charge in [-0.15, -0.1) is 5.92 Å². The monoisotopic (exact) mass is 193 g/mol. The van der Waals surface area contributed by atoms with Gasteiger partial charge in [-0.3, -0.25) is 0 Å². The van der Waals surface area contributed by atoms with E-state index in [4.69, 9.17) is 10.3 Å². The van der Waals surface area contributed by atoms with Crippen LogP contribution in [0.15, 0.2) is 5.11 Å². The van der Waals surface area contributed by atoms with Gasteiger partial charge < -0.3 is 4.74 Å². The maximum atomic E-state index is 8.38. The standard InChI is InChI=1S/C10H15N3O/c1-2-3-8-14-10-7-5-4-6-9(10)12-13-11/h9-10H,4-8H2,1H3. The molecule has 1 rings (SSSR count). The second-order valence-electron chi connectivity index (χ2n) is 3.33. The Hall–Kier alpha value is -1.17. The first-order valence-corrected chi connectivity index (χ1v) is 4.94. The van der Waals surface area contributed by atoms with Crippen LogP contribution in [0.4, 0.5) is 0 Å². The van der Waals surface area contributed by atoms with Gasteiger partial charge in [-0.05, 0) is 25.3 Å². The van der Waals surface area contributed by atoms with E-state index in [1.54, 1.807) is 6.92 Å². The Morgan fingerprint density at radius 3 is 3.00 bits per heavy atom. The molecule has 0 heterocycles. The predicted octanol–water partition coefficient (Wildman–Crippen LogP) is 2.65. The average Bonchev–Trinajstić information content (AvgIpc) is 2.21. The highest BCUT2D eigenvalue weighted by molar-refractivity contribution is 4.95. The fourth-order valence-electron chi connectivity index (χ4n) is 1.69. The lowest BCUT2D eigenvalue weighted by Crippen LogP contribution is -2.30. The molecule has 0 aromatic carbocycles. The lowest BCUT2D eigenvalue weighted by molar-refractivity contribution is 0.0349. The maximum Gasteiger partial charge on any atom is 0.108 e. The van der Waals surface area contributed by atoms with Crippen molar-refractivity contribution in [1.29, 1.82) is 0 Å². The molecule has 1 fully saturated rings. The van der Waals surface area contributed by atoms with Crippen LogP contribution in [-0.4, -0.2) is 18.8 Å². The van der Waals surface area contributed by atoms with Crippen LogP contribution in [0.5, 0.6) is 0 Å². The molecule has 0 aromatic heterocycles. The molecule has 1 aliphatic rings. The summed E-state index contributed by atoms with van der Waals surface area (Å²) in [7, 11) is 0. The van der Waals surface area contributed by atoms with E-state index in [-0.39, 0.29) is 12.1 Å². The molecular formula is C10H15N3O. The van der Waals surface area contributed by atoms with E-state index in [1.165, 1.54) is 0 Å². The quantitative estimate of drug-likeness (QED) is 0.294. The topological polar surface area (TPSA) is 58.0 Å². The molecule has 1 aliphatic carbocycles. The molecule has 0 aromatic rings. The van der Waals surface area contributed by atoms with Crippen molar-refractivity contribution in [2.45, 2.75) is 44.8 Å². The highest BCUT2D eigenvalue weighted by atomic mass is 16.5. The first kappa shape index (κ1) is 10.9. The molecule has 76 valence electrons. The van der Waals surface area contributed by atoms with E-state index in [2.05, 4.69) is 21.9 Å². The average molecular weight is 193 g/mol. The van der Waals surface area contributed by atoms with E-state index >= 15 is 0 Å². The summed E-state index contributed by atoms with van der Waals surface area (Å²) in [6, 6.07) is 0.00686. The van der Waals surface area contributed by atoms with E-state index < -0.39 is 0 Å². The maximum absolute atomic E-state index is 8.38. The summed E-state index contributed by atoms with van der Waals surface area (Å²) >= 11 is 0. The summed E-state index contributed by atoms with van der Waals surface area (Å²) in [4.78, 5) is 2.85. The van der Waals surface area contributed by atoms with Crippen LogP contribution >= 0.6 is 0 Å². The minimum Gasteiger partial charge on any atom is -0.365 e. The Balaban J connectivity index is 2.43. The molecule has 0 saturated heterocycles. The number of ether oxygens (including phenoxy) is 1. The van der Waals surface area contributed by atoms with Gasteiger partial charge in [0.05, 0.1) is 12.1 Å². The van der Waals surface area contributed by atoms with Gasteiger partial charge in [0.15, 0.2) is 0 Å². The van der Waals surface area contributed by atoms with Crippen molar-refractivity contribution >= 4 is 0 Å². The minimum atomic E-state index is 0.00686. The number of nitrogens with zero attached hydrogens (tertiary/aromatic N) is 3. The van der Waals surface area contributed by atoms with Crippen LogP contribution in [0.25, 0.3) is 10.4 Å². The SMILES string of the molecule is CC#CCOC1CCCCC1N=[N+]=[N-]. The van der Waals surface area contributed by atoms with Crippen LogP contribution < -0.4 is 0 Å². The number of rotatable bonds is 3. The summed E-state index contributed by atoms with van der Waals surface area (Å²) < 4.78 is 5.55. The van der Waals surface area contributed by atoms with E-state index in [0.717, 1.165) is 25.7 Å². The van der Waals surface area contributed by atoms with Crippen molar-refractivity contribution in [3.8, 4) is 11.8 Å². The molecule has 0 bridgehead atoms. The molecule has 0 N–H and O–H groups in total. The van der Waals surface area contributed by atoms with Crippen molar-refractivity contribution in [2.75, 3.05) is 6.61 Å². The molecule has 0 radical (unpaired) electrons. The van der Waals surface area contributed by atoms with Crippen LogP contribution in [0.2, 0.25) is 0 Å². The molecule has 2 unspecified atom stereocenters. The van der Waals surface area contributed by atoms with Gasteiger partial charge in [0.1, 0.15) is 6.61 Å². The van der Waals surface area contributed by atoms with Crippen LogP contribution in [0.1, 0.15) is 32.6 Å². The Morgan fingerprint density at radius 2 is 2.29 bits per heavy atom. The first-order chi connectivity index (χ1) is 6.88. The Kier molecular flexibility index (Phi) is 4.92. The van der Waals surface area contributed by atoms with Crippen molar-refractivity contribution in [3.05, 3.63) is 10.4 Å². The zero-order chi connectivity index (χ0) is 10.2. The molecule has 0 spiro atoms. The van der Waals surface area contributed by atoms with Gasteiger partial charge in [0.2, 0.25) is 0 Å². The predicted molar refractivity (Wildman–Crippen MR) is 54.6 cm³/mol. The van der Waals surface area contributed by atoms with Crippen molar-refractivity contribution in [3.63, 3.8) is 0 Å². The van der Waals surface area contributed by atoms with E-state index in [9.17, 15) is 0 Å². The molecular weight excluding hydrogens is 178 g/mol. The zero-order valence-corrected chi connectivity index (χ0v) is 8.44. The minimum absolute atomic E-state index is 0.00686. The van der Waals surface area contributed by atoms with Crippen LogP contribution in [-0.2, 0) is 4.74 Å². The second-order valence-corrected chi connectivity index (χ2v) is 3.33. The van der Waals surface area contributed by atoms with Crippen LogP contribution in [0, 0.1) is 11.8 Å². The van der Waals surface area contributed by atoms with Gasteiger partial charge >= 0.3 is 0 Å². The normalized spacial score (nSPS) is 25.8. The second kappa shape index (κ2) is 6.31. The number of hydrogen-bond donors (Lipinski definition) is 0. The smallest absolute Gasteiger partial charge is 0.108 e. The Morgan fingerprint density at radius 1 is 1.50 bits per heavy atom. The molecule has 2 atom stereocenters. The third kappa shape index (κ3) is 3.29. The molecule has 4 nitrogen and oxygen atoms in total. The third-order valence-electron chi connectivity index (χ3n) is 2.41. The fourth-order valence-corrected chi connectivity index (χ4v) is 1.69. The summed E-state index contributed by atoms with van der Waals surface area (Å²) in [5.41, 5.74) is 8.38. The fraction of sp³-hybridized carbons (Fsp3) is 0.800. The third-order valence-corrected chi connectivity index (χ3v) is 2.41. The van der Waals surface area contributed by atoms with Crippen molar-refractivity contribution < 1.29 is 4.74 Å². The number of hydrogen-bond acceptors (Lipinski definition) is 2.